The molecule has 0 saturated carbocycles. The Kier molecular flexibility index (Phi) is 2.07. The number of hydrogen-bond donors (Lipinski definition) is 2. The van der Waals surface area contributed by atoms with Gasteiger partial charge < -0.3 is 4.55 Å². The molecule has 0 aliphatic rings. The van der Waals surface area contributed by atoms with Crippen molar-refractivity contribution in [3.8, 4) is 0 Å². The van der Waals surface area contributed by atoms with Gasteiger partial charge in [0.05, 0.1) is 0 Å². The second kappa shape index (κ2) is 2.69. The Morgan fingerprint density at radius 3 is 2.23 bits per heavy atom. The molecule has 0 radical (unpaired) electrons. The van der Waals surface area contributed by atoms with Crippen LogP contribution in [0.5, 0.6) is 0 Å². The molecular formula is CH2N4O6S2. The number of nitrogens with zero attached hydrogens (tertiary/aromatic N) is 3. The molecule has 0 spiro atoms. The number of aromatic amines is 1. The fourth-order valence-corrected chi connectivity index (χ4v) is 1.81. The minimum absolute atomic E-state index is 0.414. The van der Waals surface area contributed by atoms with Crippen LogP contribution < -0.4 is 4.09 Å². The lowest BCUT2D eigenvalue weighted by Gasteiger charge is -2.00. The van der Waals surface area contributed by atoms with Crippen molar-refractivity contribution in [1.82, 2.24) is 15.5 Å². The lowest BCUT2D eigenvalue weighted by molar-refractivity contribution is -0.628. The van der Waals surface area contributed by atoms with E-state index < -0.39 is 29.7 Å². The van der Waals surface area contributed by atoms with Crippen LogP contribution in [0.25, 0.3) is 0 Å². The molecule has 13 heavy (non-hydrogen) atoms. The van der Waals surface area contributed by atoms with Gasteiger partial charge in [0, 0.05) is 0 Å². The molecule has 12 heteroatoms. The molecule has 0 fully saturated rings. The first-order valence-corrected chi connectivity index (χ1v) is 5.30. The molecule has 0 saturated heterocycles. The number of hydrogen-bond acceptors (Lipinski definition) is 7. The highest BCUT2D eigenvalue weighted by Crippen LogP contribution is 1.94. The Labute approximate surface area is 71.8 Å². The Bertz CT molecular complexity index is 462. The smallest absolute Gasteiger partial charge is 0.457 e. The summed E-state index contributed by atoms with van der Waals surface area (Å²) in [4.78, 5) is 0. The van der Waals surface area contributed by atoms with E-state index in [-0.39, 0.29) is 0 Å². The maximum Gasteiger partial charge on any atom is 0.457 e. The van der Waals surface area contributed by atoms with Gasteiger partial charge in [-0.1, -0.05) is 5.21 Å². The van der Waals surface area contributed by atoms with Crippen molar-refractivity contribution in [3.63, 3.8) is 0 Å². The highest BCUT2D eigenvalue weighted by molar-refractivity contribution is 7.86. The molecule has 2 N–H and O–H groups in total. The van der Waals surface area contributed by atoms with E-state index in [0.29, 0.717) is 0 Å². The van der Waals surface area contributed by atoms with E-state index in [1.54, 1.807) is 0 Å². The standard InChI is InChI=1S/CH2N4O6S2/c6-12(7,8)1-2-3-4-5(1)13(9,10)11/h(H2,6,7,8,9,10,11). The number of nitrogens with one attached hydrogen (secondary N) is 1. The van der Waals surface area contributed by atoms with E-state index in [2.05, 4.69) is 10.3 Å². The topological polar surface area (TPSA) is 157 Å². The number of tetrazole rings is 1. The third-order valence-corrected chi connectivity index (χ3v) is 2.44. The largest absolute Gasteiger partial charge is 0.717 e. The predicted octanol–water partition coefficient (Wildman–Crippen LogP) is -3.35. The summed E-state index contributed by atoms with van der Waals surface area (Å²) in [7, 11) is -10.0. The van der Waals surface area contributed by atoms with Gasteiger partial charge in [-0.15, -0.1) is 0 Å². The Morgan fingerprint density at radius 2 is 1.92 bits per heavy atom. The maximum absolute atomic E-state index is 10.4. The average molecular weight is 230 g/mol. The summed E-state index contributed by atoms with van der Waals surface area (Å²) in [5.74, 6) is 0. The van der Waals surface area contributed by atoms with Gasteiger partial charge in [-0.3, -0.25) is 4.55 Å². The summed E-state index contributed by atoms with van der Waals surface area (Å²) >= 11 is 0. The van der Waals surface area contributed by atoms with Crippen LogP contribution in [0.1, 0.15) is 0 Å². The van der Waals surface area contributed by atoms with E-state index in [1.807, 2.05) is 0 Å². The highest BCUT2D eigenvalue weighted by atomic mass is 32.2. The second-order valence-corrected chi connectivity index (χ2v) is 4.32. The van der Waals surface area contributed by atoms with Gasteiger partial charge in [-0.25, -0.2) is 8.42 Å². The summed E-state index contributed by atoms with van der Waals surface area (Å²) < 4.78 is 59.5. The molecule has 1 aromatic rings. The molecule has 0 unspecified atom stereocenters. The summed E-state index contributed by atoms with van der Waals surface area (Å²) in [5.41, 5.74) is 0. The molecular weight excluding hydrogens is 228 g/mol. The molecule has 0 aliphatic heterocycles. The van der Waals surface area contributed by atoms with Crippen molar-refractivity contribution in [1.29, 1.82) is 0 Å². The van der Waals surface area contributed by atoms with Crippen LogP contribution in [-0.2, 0) is 20.4 Å². The number of rotatable bonds is 2. The summed E-state index contributed by atoms with van der Waals surface area (Å²) in [6.07, 6.45) is 0. The monoisotopic (exact) mass is 230 g/mol. The van der Waals surface area contributed by atoms with Gasteiger partial charge in [-0.05, 0) is 4.09 Å². The molecule has 0 bridgehead atoms. The third kappa shape index (κ3) is 1.97. The first-order chi connectivity index (χ1) is 5.73. The fraction of sp³-hybridized carbons (Fsp3) is 0. The van der Waals surface area contributed by atoms with Gasteiger partial charge in [0.2, 0.25) is 0 Å². The van der Waals surface area contributed by atoms with Crippen LogP contribution in [0.2, 0.25) is 0 Å². The maximum atomic E-state index is 10.4. The van der Waals surface area contributed by atoms with Crippen molar-refractivity contribution in [3.05, 3.63) is 0 Å². The summed E-state index contributed by atoms with van der Waals surface area (Å²) in [5, 5.41) is 5.50. The average Bonchev–Trinajstić information content (AvgIpc) is 2.27. The second-order valence-electron chi connectivity index (χ2n) is 1.78. The van der Waals surface area contributed by atoms with E-state index in [0.717, 1.165) is 0 Å². The molecule has 0 aromatic carbocycles. The summed E-state index contributed by atoms with van der Waals surface area (Å²) in [6.45, 7) is 0. The highest BCUT2D eigenvalue weighted by Gasteiger charge is 2.31. The van der Waals surface area contributed by atoms with Crippen molar-refractivity contribution in [2.24, 2.45) is 0 Å². The lowest BCUT2D eigenvalue weighted by atomic mass is 11.4. The molecule has 0 aliphatic carbocycles. The van der Waals surface area contributed by atoms with Gasteiger partial charge in [0.25, 0.3) is 10.3 Å². The van der Waals surface area contributed by atoms with Gasteiger partial charge in [-0.2, -0.15) is 8.42 Å². The third-order valence-electron chi connectivity index (χ3n) is 0.899. The van der Waals surface area contributed by atoms with Crippen LogP contribution >= 0.6 is 0 Å². The van der Waals surface area contributed by atoms with Crippen molar-refractivity contribution >= 4 is 20.4 Å². The minimum Gasteiger partial charge on any atom is -0.717 e. The lowest BCUT2D eigenvalue weighted by Crippen LogP contribution is -2.48. The van der Waals surface area contributed by atoms with Gasteiger partial charge >= 0.3 is 15.3 Å². The Morgan fingerprint density at radius 1 is 1.38 bits per heavy atom. The molecule has 0 atom stereocenters. The zero-order valence-electron chi connectivity index (χ0n) is 5.65. The number of H-pyrrole nitrogens is 1. The first kappa shape index (κ1) is 9.97. The Balaban J connectivity index is 3.54. The molecule has 1 aromatic heterocycles. The van der Waals surface area contributed by atoms with Crippen LogP contribution in [0.4, 0.5) is 0 Å². The van der Waals surface area contributed by atoms with E-state index >= 15 is 0 Å². The number of aromatic nitrogens is 4. The quantitative estimate of drug-likeness (QED) is 0.394. The minimum atomic E-state index is -5.13. The normalized spacial score (nSPS) is 13.1. The summed E-state index contributed by atoms with van der Waals surface area (Å²) in [6, 6.07) is 0. The molecule has 1 heterocycles. The molecule has 0 amide bonds. The van der Waals surface area contributed by atoms with Gasteiger partial charge in [0.1, 0.15) is 5.10 Å². The SMILES string of the molecule is O=S(=O)(O)c1nn[nH][n+]1S(=O)(=O)[O-]. The van der Waals surface area contributed by atoms with Crippen molar-refractivity contribution in [2.45, 2.75) is 5.16 Å². The Hall–Kier alpha value is -1.11. The molecule has 10 nitrogen and oxygen atoms in total. The van der Waals surface area contributed by atoms with Crippen LogP contribution in [-0.4, -0.2) is 41.5 Å². The van der Waals surface area contributed by atoms with Crippen molar-refractivity contribution < 1.29 is 30.0 Å². The van der Waals surface area contributed by atoms with E-state index in [1.165, 1.54) is 5.21 Å². The molecule has 1 rings (SSSR count). The van der Waals surface area contributed by atoms with E-state index in [4.69, 9.17) is 4.55 Å². The fourth-order valence-electron chi connectivity index (χ4n) is 0.491. The van der Waals surface area contributed by atoms with Crippen LogP contribution in [0, 0.1) is 0 Å². The predicted molar refractivity (Wildman–Crippen MR) is 31.5 cm³/mol. The molecule has 74 valence electrons. The zero-order valence-corrected chi connectivity index (χ0v) is 7.28. The van der Waals surface area contributed by atoms with Gasteiger partial charge in [0.15, 0.2) is 5.21 Å². The van der Waals surface area contributed by atoms with Crippen LogP contribution in [0.3, 0.4) is 0 Å². The zero-order chi connectivity index (χ0) is 10.3. The van der Waals surface area contributed by atoms with E-state index in [9.17, 15) is 21.4 Å². The van der Waals surface area contributed by atoms with Crippen LogP contribution in [0.15, 0.2) is 5.16 Å². The first-order valence-electron chi connectivity index (χ1n) is 2.50. The van der Waals surface area contributed by atoms with Crippen molar-refractivity contribution in [2.75, 3.05) is 0 Å².